The SMILES string of the molecule is CN(C)C(=N)N1CCN(c2cc(N)cs2)CC1. The number of nitrogens with one attached hydrogen (secondary N) is 1. The van der Waals surface area contributed by atoms with Crippen molar-refractivity contribution in [3.8, 4) is 0 Å². The number of piperazine rings is 1. The normalized spacial score (nSPS) is 16.1. The Morgan fingerprint density at radius 3 is 2.47 bits per heavy atom. The van der Waals surface area contributed by atoms with E-state index in [-0.39, 0.29) is 0 Å². The molecule has 1 aromatic heterocycles. The number of hydrogen-bond donors (Lipinski definition) is 2. The third-order valence-electron chi connectivity index (χ3n) is 2.92. The van der Waals surface area contributed by atoms with Crippen LogP contribution in [0, 0.1) is 5.41 Å². The molecule has 0 saturated carbocycles. The van der Waals surface area contributed by atoms with Crippen LogP contribution in [0.5, 0.6) is 0 Å². The molecular weight excluding hydrogens is 234 g/mol. The van der Waals surface area contributed by atoms with E-state index in [1.807, 2.05) is 30.4 Å². The average molecular weight is 253 g/mol. The molecule has 6 heteroatoms. The number of anilines is 2. The van der Waals surface area contributed by atoms with Crippen molar-refractivity contribution >= 4 is 28.0 Å². The van der Waals surface area contributed by atoms with Crippen molar-refractivity contribution in [1.29, 1.82) is 5.41 Å². The van der Waals surface area contributed by atoms with Crippen molar-refractivity contribution in [2.75, 3.05) is 50.9 Å². The van der Waals surface area contributed by atoms with Gasteiger partial charge >= 0.3 is 0 Å². The zero-order valence-electron chi connectivity index (χ0n) is 10.3. The first-order valence-corrected chi connectivity index (χ1v) is 6.55. The summed E-state index contributed by atoms with van der Waals surface area (Å²) in [5.41, 5.74) is 6.57. The third-order valence-corrected chi connectivity index (χ3v) is 3.93. The van der Waals surface area contributed by atoms with Gasteiger partial charge in [-0.1, -0.05) is 0 Å². The van der Waals surface area contributed by atoms with Crippen molar-refractivity contribution in [3.05, 3.63) is 11.4 Å². The van der Waals surface area contributed by atoms with Gasteiger partial charge in [0.25, 0.3) is 0 Å². The second-order valence-electron chi connectivity index (χ2n) is 4.41. The van der Waals surface area contributed by atoms with Crippen LogP contribution in [0.25, 0.3) is 0 Å². The molecule has 2 heterocycles. The van der Waals surface area contributed by atoms with Crippen LogP contribution in [0.4, 0.5) is 10.7 Å². The molecule has 0 amide bonds. The van der Waals surface area contributed by atoms with Gasteiger partial charge in [-0.15, -0.1) is 11.3 Å². The number of nitrogen functional groups attached to an aromatic ring is 1. The molecule has 1 aliphatic heterocycles. The molecule has 1 fully saturated rings. The summed E-state index contributed by atoms with van der Waals surface area (Å²) in [6, 6.07) is 2.03. The Labute approximate surface area is 106 Å². The third kappa shape index (κ3) is 2.63. The predicted octanol–water partition coefficient (Wildman–Crippen LogP) is 0.949. The standard InChI is InChI=1S/C11H19N5S/c1-14(2)11(13)16-5-3-15(4-6-16)10-7-9(12)8-17-10/h7-8,13H,3-6,12H2,1-2H3. The van der Waals surface area contributed by atoms with Gasteiger partial charge < -0.3 is 20.4 Å². The summed E-state index contributed by atoms with van der Waals surface area (Å²) in [6.07, 6.45) is 0. The number of nitrogens with two attached hydrogens (primary N) is 1. The van der Waals surface area contributed by atoms with Crippen LogP contribution in [0.3, 0.4) is 0 Å². The smallest absolute Gasteiger partial charge is 0.193 e. The maximum absolute atomic E-state index is 7.93. The maximum Gasteiger partial charge on any atom is 0.193 e. The van der Waals surface area contributed by atoms with E-state index >= 15 is 0 Å². The van der Waals surface area contributed by atoms with Crippen molar-refractivity contribution in [3.63, 3.8) is 0 Å². The summed E-state index contributed by atoms with van der Waals surface area (Å²) in [5.74, 6) is 0.593. The Morgan fingerprint density at radius 1 is 1.35 bits per heavy atom. The van der Waals surface area contributed by atoms with Crippen molar-refractivity contribution in [1.82, 2.24) is 9.80 Å². The van der Waals surface area contributed by atoms with E-state index in [2.05, 4.69) is 9.80 Å². The van der Waals surface area contributed by atoms with Gasteiger partial charge in [0.1, 0.15) is 0 Å². The molecule has 0 unspecified atom stereocenters. The van der Waals surface area contributed by atoms with E-state index in [1.54, 1.807) is 11.3 Å². The molecule has 3 N–H and O–H groups in total. The number of nitrogens with zero attached hydrogens (tertiary/aromatic N) is 3. The zero-order valence-corrected chi connectivity index (χ0v) is 11.1. The van der Waals surface area contributed by atoms with Gasteiger partial charge in [-0.25, -0.2) is 0 Å². The molecule has 94 valence electrons. The minimum Gasteiger partial charge on any atom is -0.398 e. The molecule has 17 heavy (non-hydrogen) atoms. The molecule has 5 nitrogen and oxygen atoms in total. The second-order valence-corrected chi connectivity index (χ2v) is 5.30. The average Bonchev–Trinajstić information content (AvgIpc) is 2.75. The highest BCUT2D eigenvalue weighted by atomic mass is 32.1. The van der Waals surface area contributed by atoms with Crippen molar-refractivity contribution in [2.24, 2.45) is 0 Å². The Balaban J connectivity index is 1.92. The monoisotopic (exact) mass is 253 g/mol. The lowest BCUT2D eigenvalue weighted by molar-refractivity contribution is 0.341. The van der Waals surface area contributed by atoms with E-state index in [0.29, 0.717) is 5.96 Å². The minimum atomic E-state index is 0.593. The van der Waals surface area contributed by atoms with Crippen LogP contribution in [-0.2, 0) is 0 Å². The Kier molecular flexibility index (Phi) is 3.42. The Hall–Kier alpha value is -1.43. The number of hydrogen-bond acceptors (Lipinski definition) is 4. The van der Waals surface area contributed by atoms with Gasteiger partial charge in [-0.05, 0) is 6.07 Å². The fourth-order valence-corrected chi connectivity index (χ4v) is 2.79. The van der Waals surface area contributed by atoms with Crippen LogP contribution >= 0.6 is 11.3 Å². The topological polar surface area (TPSA) is 59.6 Å². The molecule has 0 radical (unpaired) electrons. The van der Waals surface area contributed by atoms with Crippen molar-refractivity contribution < 1.29 is 0 Å². The Bertz CT molecular complexity index is 392. The maximum atomic E-state index is 7.93. The summed E-state index contributed by atoms with van der Waals surface area (Å²) < 4.78 is 0. The van der Waals surface area contributed by atoms with Gasteiger partial charge in [0.2, 0.25) is 0 Å². The van der Waals surface area contributed by atoms with Gasteiger partial charge in [-0.2, -0.15) is 0 Å². The molecule has 0 spiro atoms. The molecule has 0 atom stereocenters. The number of rotatable bonds is 1. The lowest BCUT2D eigenvalue weighted by Gasteiger charge is -2.38. The molecule has 0 bridgehead atoms. The predicted molar refractivity (Wildman–Crippen MR) is 73.9 cm³/mol. The second kappa shape index (κ2) is 4.83. The highest BCUT2D eigenvalue weighted by Gasteiger charge is 2.20. The van der Waals surface area contributed by atoms with Crippen LogP contribution in [0.1, 0.15) is 0 Å². The summed E-state index contributed by atoms with van der Waals surface area (Å²) in [7, 11) is 3.82. The van der Waals surface area contributed by atoms with E-state index < -0.39 is 0 Å². The molecular formula is C11H19N5S. The van der Waals surface area contributed by atoms with Gasteiger partial charge in [0, 0.05) is 51.3 Å². The zero-order chi connectivity index (χ0) is 12.4. The van der Waals surface area contributed by atoms with Gasteiger partial charge in [0.05, 0.1) is 5.00 Å². The molecule has 1 saturated heterocycles. The fourth-order valence-electron chi connectivity index (χ4n) is 1.93. The summed E-state index contributed by atoms with van der Waals surface area (Å²) in [5, 5.41) is 11.1. The summed E-state index contributed by atoms with van der Waals surface area (Å²) in [6.45, 7) is 3.70. The first kappa shape index (κ1) is 12.0. The lowest BCUT2D eigenvalue weighted by atomic mass is 10.3. The number of guanidine groups is 1. The van der Waals surface area contributed by atoms with Crippen LogP contribution < -0.4 is 10.6 Å². The largest absolute Gasteiger partial charge is 0.398 e. The van der Waals surface area contributed by atoms with Crippen LogP contribution in [0.15, 0.2) is 11.4 Å². The molecule has 0 aliphatic carbocycles. The summed E-state index contributed by atoms with van der Waals surface area (Å²) in [4.78, 5) is 6.28. The minimum absolute atomic E-state index is 0.593. The fraction of sp³-hybridized carbons (Fsp3) is 0.545. The quantitative estimate of drug-likeness (QED) is 0.578. The van der Waals surface area contributed by atoms with Gasteiger partial charge in [0.15, 0.2) is 5.96 Å². The van der Waals surface area contributed by atoms with Crippen LogP contribution in [0.2, 0.25) is 0 Å². The molecule has 1 aromatic rings. The first-order chi connectivity index (χ1) is 8.08. The van der Waals surface area contributed by atoms with Crippen molar-refractivity contribution in [2.45, 2.75) is 0 Å². The number of thiophene rings is 1. The summed E-state index contributed by atoms with van der Waals surface area (Å²) >= 11 is 1.69. The Morgan fingerprint density at radius 2 is 2.00 bits per heavy atom. The van der Waals surface area contributed by atoms with E-state index in [1.165, 1.54) is 5.00 Å². The first-order valence-electron chi connectivity index (χ1n) is 5.67. The lowest BCUT2D eigenvalue weighted by Crippen LogP contribution is -2.51. The van der Waals surface area contributed by atoms with E-state index in [9.17, 15) is 0 Å². The molecule has 1 aliphatic rings. The van der Waals surface area contributed by atoms with Crippen LogP contribution in [-0.4, -0.2) is 56.0 Å². The highest BCUT2D eigenvalue weighted by molar-refractivity contribution is 7.14. The molecule has 0 aromatic carbocycles. The molecule has 2 rings (SSSR count). The van der Waals surface area contributed by atoms with E-state index in [4.69, 9.17) is 11.1 Å². The van der Waals surface area contributed by atoms with E-state index in [0.717, 1.165) is 31.9 Å². The highest BCUT2D eigenvalue weighted by Crippen LogP contribution is 2.27. The van der Waals surface area contributed by atoms with Gasteiger partial charge in [-0.3, -0.25) is 5.41 Å².